The highest BCUT2D eigenvalue weighted by atomic mass is 127. The molecule has 0 radical (unpaired) electrons. The van der Waals surface area contributed by atoms with Gasteiger partial charge in [0.25, 0.3) is 0 Å². The molecule has 0 saturated carbocycles. The number of nitrogens with one attached hydrogen (secondary N) is 1. The fourth-order valence-corrected chi connectivity index (χ4v) is 3.69. The van der Waals surface area contributed by atoms with Crippen LogP contribution >= 0.6 is 22.6 Å². The van der Waals surface area contributed by atoms with Crippen LogP contribution in [0.5, 0.6) is 0 Å². The first-order valence-corrected chi connectivity index (χ1v) is 9.68. The topological polar surface area (TPSA) is 152 Å². The number of rotatable bonds is 5. The molecule has 0 aliphatic carbocycles. The molecule has 0 unspecified atom stereocenters. The van der Waals surface area contributed by atoms with E-state index < -0.39 is 31.1 Å². The first-order valence-electron chi connectivity index (χ1n) is 8.60. The standard InChI is InChI=1S/C17H19IN6O4/c18-16-22-13(19)10-14(23-16)24(15-12(27)11(26)9(7-25)28-15)17(21-10)20-6-8-4-2-1-3-5-8/h1-5,9,11-12,15,25-27H,6-7H2,(H,20,21)(H2,19,22,23)/t9-,11-,12-,15-/m1/s1. The highest BCUT2D eigenvalue weighted by Crippen LogP contribution is 2.35. The van der Waals surface area contributed by atoms with E-state index in [4.69, 9.17) is 10.5 Å². The van der Waals surface area contributed by atoms with Gasteiger partial charge in [-0.15, -0.1) is 0 Å². The number of nitrogens with zero attached hydrogens (tertiary/aromatic N) is 4. The zero-order chi connectivity index (χ0) is 19.8. The maximum Gasteiger partial charge on any atom is 0.207 e. The third kappa shape index (κ3) is 3.39. The number of nitrogen functional groups attached to an aromatic ring is 1. The second kappa shape index (κ2) is 7.75. The normalized spacial score (nSPS) is 24.7. The second-order valence-electron chi connectivity index (χ2n) is 6.42. The summed E-state index contributed by atoms with van der Waals surface area (Å²) in [7, 11) is 0. The van der Waals surface area contributed by atoms with Gasteiger partial charge in [-0.2, -0.15) is 0 Å². The number of benzene rings is 1. The van der Waals surface area contributed by atoms with Gasteiger partial charge in [-0.3, -0.25) is 4.57 Å². The number of ether oxygens (including phenoxy) is 1. The van der Waals surface area contributed by atoms with Gasteiger partial charge in [0.05, 0.1) is 6.61 Å². The predicted molar refractivity (Wildman–Crippen MR) is 109 cm³/mol. The monoisotopic (exact) mass is 498 g/mol. The summed E-state index contributed by atoms with van der Waals surface area (Å²) in [4.78, 5) is 13.0. The van der Waals surface area contributed by atoms with Crippen LogP contribution < -0.4 is 11.1 Å². The van der Waals surface area contributed by atoms with E-state index >= 15 is 0 Å². The van der Waals surface area contributed by atoms with Crippen molar-refractivity contribution in [2.45, 2.75) is 31.1 Å². The first kappa shape index (κ1) is 19.3. The Morgan fingerprint density at radius 2 is 1.89 bits per heavy atom. The fourth-order valence-electron chi connectivity index (χ4n) is 3.20. The van der Waals surface area contributed by atoms with Gasteiger partial charge in [0.15, 0.2) is 27.0 Å². The number of aliphatic hydroxyl groups is 3. The molecular formula is C17H19IN6O4. The number of hydrogen-bond acceptors (Lipinski definition) is 9. The first-order chi connectivity index (χ1) is 13.5. The van der Waals surface area contributed by atoms with Gasteiger partial charge in [0, 0.05) is 29.1 Å². The van der Waals surface area contributed by atoms with Crippen molar-refractivity contribution in [2.75, 3.05) is 17.7 Å². The lowest BCUT2D eigenvalue weighted by Crippen LogP contribution is -2.33. The molecule has 0 bridgehead atoms. The van der Waals surface area contributed by atoms with Crippen molar-refractivity contribution in [2.24, 2.45) is 0 Å². The molecule has 1 aromatic carbocycles. The van der Waals surface area contributed by atoms with Gasteiger partial charge in [-0.25, -0.2) is 15.0 Å². The predicted octanol–water partition coefficient (Wildman–Crippen LogP) is 0.237. The third-order valence-electron chi connectivity index (χ3n) is 4.60. The Bertz CT molecular complexity index is 985. The number of halogens is 1. The van der Waals surface area contributed by atoms with Gasteiger partial charge in [-0.05, 0) is 5.56 Å². The molecule has 148 valence electrons. The third-order valence-corrected chi connectivity index (χ3v) is 5.09. The van der Waals surface area contributed by atoms with Crippen molar-refractivity contribution in [3.8, 4) is 0 Å². The van der Waals surface area contributed by atoms with Crippen LogP contribution in [0.25, 0.3) is 11.2 Å². The van der Waals surface area contributed by atoms with Crippen LogP contribution in [0, 0.1) is 3.83 Å². The number of hydrogen-bond donors (Lipinski definition) is 5. The quantitative estimate of drug-likeness (QED) is 0.246. The maximum atomic E-state index is 10.5. The van der Waals surface area contributed by atoms with E-state index in [9.17, 15) is 15.3 Å². The lowest BCUT2D eigenvalue weighted by atomic mass is 10.1. The molecule has 1 fully saturated rings. The van der Waals surface area contributed by atoms with Crippen LogP contribution in [0.2, 0.25) is 0 Å². The van der Waals surface area contributed by atoms with Crippen LogP contribution in [0.1, 0.15) is 11.8 Å². The average Bonchev–Trinajstić information content (AvgIpc) is 3.18. The average molecular weight is 498 g/mol. The van der Waals surface area contributed by atoms with Crippen molar-refractivity contribution < 1.29 is 20.1 Å². The molecule has 1 aliphatic heterocycles. The van der Waals surface area contributed by atoms with Crippen LogP contribution in [0.3, 0.4) is 0 Å². The van der Waals surface area contributed by atoms with Crippen molar-refractivity contribution in [3.63, 3.8) is 0 Å². The highest BCUT2D eigenvalue weighted by Gasteiger charge is 2.45. The van der Waals surface area contributed by atoms with E-state index in [-0.39, 0.29) is 5.82 Å². The number of nitrogens with two attached hydrogens (primary N) is 1. The van der Waals surface area contributed by atoms with Gasteiger partial charge < -0.3 is 31.1 Å². The number of fused-ring (bicyclic) bond motifs is 1. The molecule has 11 heteroatoms. The van der Waals surface area contributed by atoms with Crippen molar-refractivity contribution in [3.05, 3.63) is 39.7 Å². The SMILES string of the molecule is Nc1nc(I)nc2c1nc(NCc1ccccc1)n2[C@@H]1O[C@H](CO)[C@@H](O)[C@H]1O. The van der Waals surface area contributed by atoms with E-state index in [1.807, 2.05) is 52.9 Å². The Morgan fingerprint density at radius 3 is 2.57 bits per heavy atom. The van der Waals surface area contributed by atoms with Crippen molar-refractivity contribution in [1.29, 1.82) is 0 Å². The van der Waals surface area contributed by atoms with E-state index in [0.717, 1.165) is 5.56 Å². The van der Waals surface area contributed by atoms with E-state index in [1.54, 1.807) is 4.57 Å². The summed E-state index contributed by atoms with van der Waals surface area (Å²) in [5, 5.41) is 33.3. The summed E-state index contributed by atoms with van der Waals surface area (Å²) in [5.74, 6) is 0.555. The van der Waals surface area contributed by atoms with Gasteiger partial charge in [-0.1, -0.05) is 30.3 Å². The van der Waals surface area contributed by atoms with Crippen LogP contribution in [0.4, 0.5) is 11.8 Å². The fraction of sp³-hybridized carbons (Fsp3) is 0.353. The minimum absolute atomic E-state index is 0.197. The Morgan fingerprint density at radius 1 is 1.14 bits per heavy atom. The van der Waals surface area contributed by atoms with E-state index in [0.29, 0.717) is 27.5 Å². The molecule has 4 rings (SSSR count). The molecule has 0 amide bonds. The maximum absolute atomic E-state index is 10.5. The molecular weight excluding hydrogens is 479 g/mol. The van der Waals surface area contributed by atoms with Crippen LogP contribution in [-0.2, 0) is 11.3 Å². The lowest BCUT2D eigenvalue weighted by molar-refractivity contribution is -0.0501. The highest BCUT2D eigenvalue weighted by molar-refractivity contribution is 14.1. The van der Waals surface area contributed by atoms with Crippen molar-refractivity contribution >= 4 is 45.5 Å². The minimum atomic E-state index is -1.28. The molecule has 4 atom stereocenters. The van der Waals surface area contributed by atoms with Gasteiger partial charge in [0.1, 0.15) is 18.3 Å². The summed E-state index contributed by atoms with van der Waals surface area (Å²) in [6.07, 6.45) is -4.44. The number of imidazole rings is 1. The Labute approximate surface area is 173 Å². The molecule has 28 heavy (non-hydrogen) atoms. The Balaban J connectivity index is 1.78. The smallest absolute Gasteiger partial charge is 0.207 e. The number of anilines is 2. The summed E-state index contributed by atoms with van der Waals surface area (Å²) in [6.45, 7) is 0.0339. The molecule has 10 nitrogen and oxygen atoms in total. The van der Waals surface area contributed by atoms with E-state index in [1.165, 1.54) is 0 Å². The van der Waals surface area contributed by atoms with Crippen LogP contribution in [0.15, 0.2) is 30.3 Å². The van der Waals surface area contributed by atoms with E-state index in [2.05, 4.69) is 20.3 Å². The minimum Gasteiger partial charge on any atom is -0.394 e. The summed E-state index contributed by atoms with van der Waals surface area (Å²) >= 11 is 1.94. The van der Waals surface area contributed by atoms with Gasteiger partial charge >= 0.3 is 0 Å². The molecule has 3 aromatic rings. The summed E-state index contributed by atoms with van der Waals surface area (Å²) < 4.78 is 7.64. The lowest BCUT2D eigenvalue weighted by Gasteiger charge is -2.19. The molecule has 6 N–H and O–H groups in total. The summed E-state index contributed by atoms with van der Waals surface area (Å²) in [6, 6.07) is 9.71. The zero-order valence-corrected chi connectivity index (χ0v) is 16.8. The largest absolute Gasteiger partial charge is 0.394 e. The molecule has 1 aliphatic rings. The van der Waals surface area contributed by atoms with Gasteiger partial charge in [0.2, 0.25) is 5.95 Å². The zero-order valence-electron chi connectivity index (χ0n) is 14.6. The number of aliphatic hydroxyl groups excluding tert-OH is 3. The molecule has 0 spiro atoms. The summed E-state index contributed by atoms with van der Waals surface area (Å²) in [5.41, 5.74) is 7.75. The molecule has 1 saturated heterocycles. The molecule has 3 heterocycles. The van der Waals surface area contributed by atoms with Crippen LogP contribution in [-0.4, -0.2) is 59.8 Å². The van der Waals surface area contributed by atoms with Crippen molar-refractivity contribution in [1.82, 2.24) is 19.5 Å². The Kier molecular flexibility index (Phi) is 5.33. The second-order valence-corrected chi connectivity index (χ2v) is 7.39. The Hall–Kier alpha value is -2.06. The molecule has 2 aromatic heterocycles. The number of aromatic nitrogens is 4.